The van der Waals surface area contributed by atoms with Crippen LogP contribution in [0.15, 0.2) is 24.3 Å². The van der Waals surface area contributed by atoms with Crippen LogP contribution in [-0.2, 0) is 11.0 Å². The number of nitrogens with one attached hydrogen (secondary N) is 1. The first-order chi connectivity index (χ1) is 18.3. The molecule has 7 nitrogen and oxygen atoms in total. The first-order valence-electron chi connectivity index (χ1n) is 13.2. The predicted molar refractivity (Wildman–Crippen MR) is 144 cm³/mol. The van der Waals surface area contributed by atoms with Crippen molar-refractivity contribution in [2.75, 3.05) is 36.4 Å². The summed E-state index contributed by atoms with van der Waals surface area (Å²) in [5.41, 5.74) is -0.938. The molecule has 1 unspecified atom stereocenters. The highest BCUT2D eigenvalue weighted by Gasteiger charge is 2.50. The minimum absolute atomic E-state index is 0.0573. The molecule has 1 aromatic carbocycles. The third-order valence-electron chi connectivity index (χ3n) is 8.55. The molecule has 2 saturated heterocycles. The molecule has 0 radical (unpaired) electrons. The van der Waals surface area contributed by atoms with Crippen molar-refractivity contribution in [3.05, 3.63) is 45.6 Å². The molecule has 2 aromatic rings. The number of halogens is 5. The van der Waals surface area contributed by atoms with Crippen LogP contribution in [-0.4, -0.2) is 58.2 Å². The normalized spacial score (nSPS) is 27.0. The van der Waals surface area contributed by atoms with Crippen molar-refractivity contribution in [3.63, 3.8) is 0 Å². The van der Waals surface area contributed by atoms with Gasteiger partial charge in [-0.25, -0.2) is 4.98 Å². The number of piperidine rings is 1. The molecule has 2 N–H and O–H groups in total. The predicted octanol–water partition coefficient (Wildman–Crippen LogP) is 6.38. The summed E-state index contributed by atoms with van der Waals surface area (Å²) in [4.78, 5) is 24.0. The van der Waals surface area contributed by atoms with Crippen molar-refractivity contribution in [2.45, 2.75) is 57.8 Å². The summed E-state index contributed by atoms with van der Waals surface area (Å²) in [6, 6.07) is 5.80. The summed E-state index contributed by atoms with van der Waals surface area (Å²) in [6.07, 6.45) is -1.18. The zero-order valence-electron chi connectivity index (χ0n) is 21.8. The van der Waals surface area contributed by atoms with E-state index in [2.05, 4.69) is 20.2 Å². The zero-order chi connectivity index (χ0) is 28.1. The number of benzene rings is 1. The summed E-state index contributed by atoms with van der Waals surface area (Å²) in [6.45, 7) is 6.65. The number of likely N-dealkylation sites (tertiary alicyclic amines) is 1. The Morgan fingerprint density at radius 1 is 1.15 bits per heavy atom. The number of hydrogen-bond acceptors (Lipinski definition) is 6. The number of aromatic nitrogens is 2. The molecule has 1 aromatic heterocycles. The lowest BCUT2D eigenvalue weighted by Crippen LogP contribution is -2.58. The minimum Gasteiger partial charge on any atom is -0.481 e. The van der Waals surface area contributed by atoms with E-state index >= 15 is 0 Å². The molecule has 3 fully saturated rings. The van der Waals surface area contributed by atoms with Gasteiger partial charge in [-0.3, -0.25) is 4.79 Å². The van der Waals surface area contributed by atoms with Crippen LogP contribution in [0.1, 0.15) is 56.8 Å². The van der Waals surface area contributed by atoms with Crippen LogP contribution in [0.3, 0.4) is 0 Å². The van der Waals surface area contributed by atoms with Crippen molar-refractivity contribution < 1.29 is 23.1 Å². The lowest BCUT2D eigenvalue weighted by molar-refractivity contribution is -0.158. The van der Waals surface area contributed by atoms with Gasteiger partial charge in [0.25, 0.3) is 0 Å². The van der Waals surface area contributed by atoms with Gasteiger partial charge in [-0.2, -0.15) is 18.2 Å². The molecule has 39 heavy (non-hydrogen) atoms. The van der Waals surface area contributed by atoms with E-state index in [-0.39, 0.29) is 11.8 Å². The molecule has 12 heteroatoms. The number of nitrogens with zero attached hydrogens (tertiary/aromatic N) is 4. The van der Waals surface area contributed by atoms with E-state index in [0.717, 1.165) is 32.0 Å². The van der Waals surface area contributed by atoms with Crippen molar-refractivity contribution >= 4 is 40.9 Å². The fourth-order valence-corrected chi connectivity index (χ4v) is 6.66. The number of anilines is 2. The van der Waals surface area contributed by atoms with E-state index < -0.39 is 29.3 Å². The van der Waals surface area contributed by atoms with Crippen LogP contribution in [0.4, 0.5) is 24.9 Å². The molecule has 0 spiro atoms. The van der Waals surface area contributed by atoms with Gasteiger partial charge in [0.15, 0.2) is 5.69 Å². The first kappa shape index (κ1) is 28.2. The average molecular weight is 586 g/mol. The number of rotatable bonds is 7. The lowest BCUT2D eigenvalue weighted by atomic mass is 9.65. The average Bonchev–Trinajstić information content (AvgIpc) is 2.80. The van der Waals surface area contributed by atoms with Gasteiger partial charge in [-0.1, -0.05) is 29.3 Å². The molecule has 0 bridgehead atoms. The monoisotopic (exact) mass is 585 g/mol. The topological polar surface area (TPSA) is 81.6 Å². The second-order valence-corrected chi connectivity index (χ2v) is 12.3. The molecule has 3 aliphatic rings. The number of carboxylic acid groups (broad SMARTS) is 1. The first-order valence-corrected chi connectivity index (χ1v) is 14.0. The molecular formula is C27H32Cl2F3N5O2. The van der Waals surface area contributed by atoms with E-state index in [1.165, 1.54) is 0 Å². The highest BCUT2D eigenvalue weighted by Crippen LogP contribution is 2.45. The summed E-state index contributed by atoms with van der Waals surface area (Å²) < 4.78 is 41.2. The Hall–Kier alpha value is -2.30. The second-order valence-electron chi connectivity index (χ2n) is 11.5. The summed E-state index contributed by atoms with van der Waals surface area (Å²) in [7, 11) is 0. The third-order valence-corrected chi connectivity index (χ3v) is 9.11. The largest absolute Gasteiger partial charge is 0.481 e. The van der Waals surface area contributed by atoms with Gasteiger partial charge in [0.05, 0.1) is 11.5 Å². The van der Waals surface area contributed by atoms with Gasteiger partial charge in [0.2, 0.25) is 5.95 Å². The zero-order valence-corrected chi connectivity index (χ0v) is 23.3. The van der Waals surface area contributed by atoms with Crippen molar-refractivity contribution in [2.24, 2.45) is 17.3 Å². The number of carbonyl (C=O) groups is 1. The van der Waals surface area contributed by atoms with Gasteiger partial charge in [-0.05, 0) is 75.6 Å². The summed E-state index contributed by atoms with van der Waals surface area (Å²) >= 11 is 12.3. The van der Waals surface area contributed by atoms with Crippen LogP contribution >= 0.6 is 23.2 Å². The standard InChI is InChI=1S/C27H32Cl2F3N5O2/c1-15(20-6-5-18(28)8-21(20)29)33-23-9-22(27(30,31)32)34-25(35-23)37-13-17(14-37)16-4-3-7-36(12-16)19-10-26(2,11-19)24(38)39/h5-6,8-9,15-17,19H,3-4,7,10-14H2,1-2H3,(H,38,39)(H,33,34,35)/t15-,16?,19?,26?/m1/s1. The minimum atomic E-state index is -4.61. The van der Waals surface area contributed by atoms with Gasteiger partial charge in [0.1, 0.15) is 5.82 Å². The fourth-order valence-electron chi connectivity index (χ4n) is 6.09. The number of carboxylic acids is 1. The van der Waals surface area contributed by atoms with Crippen molar-refractivity contribution in [1.29, 1.82) is 0 Å². The molecule has 2 aliphatic heterocycles. The maximum Gasteiger partial charge on any atom is 0.433 e. The van der Waals surface area contributed by atoms with Gasteiger partial charge in [0, 0.05) is 41.8 Å². The van der Waals surface area contributed by atoms with Gasteiger partial charge in [-0.15, -0.1) is 0 Å². The number of hydrogen-bond donors (Lipinski definition) is 2. The number of alkyl halides is 3. The Balaban J connectivity index is 1.24. The molecule has 0 amide bonds. The van der Waals surface area contributed by atoms with E-state index in [1.54, 1.807) is 36.9 Å². The number of aliphatic carboxylic acids is 1. The third kappa shape index (κ3) is 5.93. The van der Waals surface area contributed by atoms with Gasteiger partial charge >= 0.3 is 12.1 Å². The Morgan fingerprint density at radius 3 is 2.51 bits per heavy atom. The van der Waals surface area contributed by atoms with Crippen LogP contribution < -0.4 is 10.2 Å². The highest BCUT2D eigenvalue weighted by molar-refractivity contribution is 6.35. The quantitative estimate of drug-likeness (QED) is 0.390. The van der Waals surface area contributed by atoms with Crippen molar-refractivity contribution in [1.82, 2.24) is 14.9 Å². The Morgan fingerprint density at radius 2 is 1.87 bits per heavy atom. The van der Waals surface area contributed by atoms with Crippen molar-refractivity contribution in [3.8, 4) is 0 Å². The maximum atomic E-state index is 13.7. The van der Waals surface area contributed by atoms with E-state index in [9.17, 15) is 23.1 Å². The summed E-state index contributed by atoms with van der Waals surface area (Å²) in [5, 5.41) is 13.4. The SMILES string of the molecule is C[C@@H](Nc1cc(C(F)(F)F)nc(N2CC(C3CCCN(C4CC(C)(C(=O)O)C4)C3)C2)n1)c1ccc(Cl)cc1Cl. The Labute approximate surface area is 235 Å². The van der Waals surface area contributed by atoms with Crippen LogP contribution in [0.25, 0.3) is 0 Å². The molecule has 3 heterocycles. The molecular weight excluding hydrogens is 554 g/mol. The molecule has 2 atom stereocenters. The molecule has 1 saturated carbocycles. The molecule has 5 rings (SSSR count). The van der Waals surface area contributed by atoms with Gasteiger partial charge < -0.3 is 20.2 Å². The van der Waals surface area contributed by atoms with Crippen LogP contribution in [0, 0.1) is 17.3 Å². The van der Waals surface area contributed by atoms with E-state index in [4.69, 9.17) is 23.2 Å². The van der Waals surface area contributed by atoms with Crippen LogP contribution in [0.2, 0.25) is 10.0 Å². The Kier molecular flexibility index (Phi) is 7.67. The smallest absolute Gasteiger partial charge is 0.433 e. The molecule has 212 valence electrons. The summed E-state index contributed by atoms with van der Waals surface area (Å²) in [5.74, 6) is 0.149. The highest BCUT2D eigenvalue weighted by atomic mass is 35.5. The lowest BCUT2D eigenvalue weighted by Gasteiger charge is -2.52. The maximum absolute atomic E-state index is 13.7. The second kappa shape index (κ2) is 10.6. The molecule has 1 aliphatic carbocycles. The van der Waals surface area contributed by atoms with E-state index in [0.29, 0.717) is 59.4 Å². The van der Waals surface area contributed by atoms with Crippen LogP contribution in [0.5, 0.6) is 0 Å². The Bertz CT molecular complexity index is 1230. The fraction of sp³-hybridized carbons (Fsp3) is 0.593. The van der Waals surface area contributed by atoms with E-state index in [1.807, 2.05) is 0 Å².